The summed E-state index contributed by atoms with van der Waals surface area (Å²) in [7, 11) is 2.98. The maximum Gasteiger partial charge on any atom is 0.292 e. The van der Waals surface area contributed by atoms with Gasteiger partial charge in [-0.25, -0.2) is 4.68 Å². The Morgan fingerprint density at radius 2 is 1.79 bits per heavy atom. The first-order chi connectivity index (χ1) is 13.9. The van der Waals surface area contributed by atoms with Crippen molar-refractivity contribution in [2.24, 2.45) is 0 Å². The highest BCUT2D eigenvalue weighted by Crippen LogP contribution is 2.23. The van der Waals surface area contributed by atoms with Crippen LogP contribution in [-0.4, -0.2) is 41.0 Å². The van der Waals surface area contributed by atoms with Crippen molar-refractivity contribution >= 4 is 23.4 Å². The van der Waals surface area contributed by atoms with Gasteiger partial charge in [0.25, 0.3) is 11.8 Å². The SMILES string of the molecule is COc1cccc(-n2nnc(C(=O)NNC(=O)c3ccc(Cl)cc3OC)c2C)c1. The molecule has 0 aliphatic carbocycles. The lowest BCUT2D eigenvalue weighted by molar-refractivity contribution is 0.0841. The molecule has 3 aromatic rings. The Kier molecular flexibility index (Phi) is 5.99. The molecule has 3 rings (SSSR count). The molecule has 10 heteroatoms. The summed E-state index contributed by atoms with van der Waals surface area (Å²) in [5, 5.41) is 8.34. The van der Waals surface area contributed by atoms with E-state index >= 15 is 0 Å². The van der Waals surface area contributed by atoms with E-state index in [4.69, 9.17) is 21.1 Å². The van der Waals surface area contributed by atoms with Crippen LogP contribution in [0.4, 0.5) is 0 Å². The van der Waals surface area contributed by atoms with Crippen molar-refractivity contribution in [2.45, 2.75) is 6.92 Å². The predicted molar refractivity (Wildman–Crippen MR) is 106 cm³/mol. The number of methoxy groups -OCH3 is 2. The Labute approximate surface area is 171 Å². The average molecular weight is 416 g/mol. The van der Waals surface area contributed by atoms with Crippen LogP contribution in [0.3, 0.4) is 0 Å². The third-order valence-electron chi connectivity index (χ3n) is 4.11. The molecule has 0 saturated carbocycles. The van der Waals surface area contributed by atoms with E-state index < -0.39 is 11.8 Å². The van der Waals surface area contributed by atoms with Gasteiger partial charge in [0.05, 0.1) is 31.2 Å². The number of aromatic nitrogens is 3. The van der Waals surface area contributed by atoms with E-state index in [0.29, 0.717) is 22.2 Å². The van der Waals surface area contributed by atoms with Gasteiger partial charge in [-0.05, 0) is 37.3 Å². The van der Waals surface area contributed by atoms with E-state index in [-0.39, 0.29) is 17.0 Å². The molecular formula is C19H18ClN5O4. The maximum absolute atomic E-state index is 12.5. The summed E-state index contributed by atoms with van der Waals surface area (Å²) < 4.78 is 11.8. The number of hydrogen-bond donors (Lipinski definition) is 2. The molecule has 2 aromatic carbocycles. The fourth-order valence-electron chi connectivity index (χ4n) is 2.62. The smallest absolute Gasteiger partial charge is 0.292 e. The molecule has 150 valence electrons. The monoisotopic (exact) mass is 415 g/mol. The highest BCUT2D eigenvalue weighted by molar-refractivity contribution is 6.30. The molecule has 0 aliphatic heterocycles. The van der Waals surface area contributed by atoms with Gasteiger partial charge in [0, 0.05) is 11.1 Å². The number of carbonyl (C=O) groups is 2. The number of halogens is 1. The summed E-state index contributed by atoms with van der Waals surface area (Å²) in [4.78, 5) is 24.8. The van der Waals surface area contributed by atoms with E-state index in [0.717, 1.165) is 0 Å². The minimum Gasteiger partial charge on any atom is -0.497 e. The van der Waals surface area contributed by atoms with Crippen molar-refractivity contribution in [3.8, 4) is 17.2 Å². The lowest BCUT2D eigenvalue weighted by atomic mass is 10.2. The number of benzene rings is 2. The lowest BCUT2D eigenvalue weighted by Crippen LogP contribution is -2.42. The molecule has 2 amide bonds. The number of ether oxygens (including phenoxy) is 2. The minimum atomic E-state index is -0.613. The van der Waals surface area contributed by atoms with Gasteiger partial charge in [-0.15, -0.1) is 5.10 Å². The fourth-order valence-corrected chi connectivity index (χ4v) is 2.78. The highest BCUT2D eigenvalue weighted by Gasteiger charge is 2.19. The number of hydrogen-bond acceptors (Lipinski definition) is 6. The van der Waals surface area contributed by atoms with Crippen LogP contribution in [0.2, 0.25) is 5.02 Å². The highest BCUT2D eigenvalue weighted by atomic mass is 35.5. The number of carbonyl (C=O) groups excluding carboxylic acids is 2. The standard InChI is InChI=1S/C19H18ClN5O4/c1-11-17(21-24-25(11)13-5-4-6-14(10-13)28-2)19(27)23-22-18(26)15-8-7-12(20)9-16(15)29-3/h4-10H,1-3H3,(H,22,26)(H,23,27). The van der Waals surface area contributed by atoms with Crippen molar-refractivity contribution in [3.63, 3.8) is 0 Å². The van der Waals surface area contributed by atoms with Gasteiger partial charge in [0.15, 0.2) is 5.69 Å². The third-order valence-corrected chi connectivity index (χ3v) is 4.34. The van der Waals surface area contributed by atoms with Gasteiger partial charge < -0.3 is 9.47 Å². The van der Waals surface area contributed by atoms with Crippen LogP contribution in [-0.2, 0) is 0 Å². The van der Waals surface area contributed by atoms with Crippen LogP contribution in [0, 0.1) is 6.92 Å². The van der Waals surface area contributed by atoms with E-state index in [1.807, 2.05) is 0 Å². The number of amides is 2. The van der Waals surface area contributed by atoms with E-state index in [9.17, 15) is 9.59 Å². The second kappa shape index (κ2) is 8.61. The quantitative estimate of drug-likeness (QED) is 0.619. The van der Waals surface area contributed by atoms with E-state index in [2.05, 4.69) is 21.2 Å². The first-order valence-electron chi connectivity index (χ1n) is 8.45. The molecule has 0 spiro atoms. The van der Waals surface area contributed by atoms with Gasteiger partial charge in [-0.2, -0.15) is 0 Å². The number of hydrazine groups is 1. The van der Waals surface area contributed by atoms with E-state index in [1.54, 1.807) is 44.4 Å². The molecule has 29 heavy (non-hydrogen) atoms. The summed E-state index contributed by atoms with van der Waals surface area (Å²) in [6.45, 7) is 1.69. The van der Waals surface area contributed by atoms with Crippen LogP contribution in [0.25, 0.3) is 5.69 Å². The molecule has 2 N–H and O–H groups in total. The molecule has 0 aliphatic rings. The van der Waals surface area contributed by atoms with Crippen molar-refractivity contribution in [2.75, 3.05) is 14.2 Å². The molecule has 1 heterocycles. The average Bonchev–Trinajstić information content (AvgIpc) is 3.13. The molecule has 9 nitrogen and oxygen atoms in total. The molecule has 1 aromatic heterocycles. The van der Waals surface area contributed by atoms with Crippen molar-refractivity contribution in [1.29, 1.82) is 0 Å². The summed E-state index contributed by atoms with van der Waals surface area (Å²) in [6, 6.07) is 11.7. The van der Waals surface area contributed by atoms with Crippen LogP contribution in [0.1, 0.15) is 26.5 Å². The van der Waals surface area contributed by atoms with Gasteiger partial charge in [0.1, 0.15) is 11.5 Å². The largest absolute Gasteiger partial charge is 0.497 e. The van der Waals surface area contributed by atoms with Crippen molar-refractivity contribution < 1.29 is 19.1 Å². The molecule has 0 saturated heterocycles. The molecular weight excluding hydrogens is 398 g/mol. The Bertz CT molecular complexity index is 1070. The van der Waals surface area contributed by atoms with Crippen LogP contribution in [0.5, 0.6) is 11.5 Å². The van der Waals surface area contributed by atoms with Gasteiger partial charge in [0.2, 0.25) is 0 Å². The topological polar surface area (TPSA) is 107 Å². The zero-order chi connectivity index (χ0) is 21.0. The third kappa shape index (κ3) is 4.30. The Morgan fingerprint density at radius 3 is 2.52 bits per heavy atom. The van der Waals surface area contributed by atoms with Gasteiger partial charge in [-0.3, -0.25) is 20.4 Å². The Balaban J connectivity index is 1.73. The van der Waals surface area contributed by atoms with Crippen LogP contribution in [0.15, 0.2) is 42.5 Å². The van der Waals surface area contributed by atoms with Gasteiger partial charge >= 0.3 is 0 Å². The minimum absolute atomic E-state index is 0.0659. The zero-order valence-electron chi connectivity index (χ0n) is 15.9. The van der Waals surface area contributed by atoms with E-state index in [1.165, 1.54) is 23.9 Å². The molecule has 0 fully saturated rings. The van der Waals surface area contributed by atoms with Crippen LogP contribution < -0.4 is 20.3 Å². The summed E-state index contributed by atoms with van der Waals surface area (Å²) in [5.74, 6) is -0.250. The predicted octanol–water partition coefficient (Wildman–Crippen LogP) is 2.32. The Morgan fingerprint density at radius 1 is 1.03 bits per heavy atom. The maximum atomic E-state index is 12.5. The fraction of sp³-hybridized carbons (Fsp3) is 0.158. The summed E-state index contributed by atoms with van der Waals surface area (Å²) in [6.07, 6.45) is 0. The molecule has 0 unspecified atom stereocenters. The summed E-state index contributed by atoms with van der Waals surface area (Å²) in [5.41, 5.74) is 6.11. The van der Waals surface area contributed by atoms with Gasteiger partial charge in [-0.1, -0.05) is 22.9 Å². The Hall–Kier alpha value is -3.59. The number of nitrogens with one attached hydrogen (secondary N) is 2. The lowest BCUT2D eigenvalue weighted by Gasteiger charge is -2.10. The van der Waals surface area contributed by atoms with Crippen molar-refractivity contribution in [1.82, 2.24) is 25.8 Å². The first-order valence-corrected chi connectivity index (χ1v) is 8.83. The molecule has 0 bridgehead atoms. The molecule has 0 radical (unpaired) electrons. The normalized spacial score (nSPS) is 10.3. The summed E-state index contributed by atoms with van der Waals surface area (Å²) >= 11 is 5.89. The second-order valence-corrected chi connectivity index (χ2v) is 6.33. The zero-order valence-corrected chi connectivity index (χ0v) is 16.6. The second-order valence-electron chi connectivity index (χ2n) is 5.89. The molecule has 0 atom stereocenters. The number of nitrogens with zero attached hydrogens (tertiary/aromatic N) is 3. The van der Waals surface area contributed by atoms with Crippen LogP contribution >= 0.6 is 11.6 Å². The first kappa shape index (κ1) is 20.2. The number of rotatable bonds is 5. The van der Waals surface area contributed by atoms with Crippen molar-refractivity contribution in [3.05, 3.63) is 64.4 Å².